The second-order valence-electron chi connectivity index (χ2n) is 6.05. The fourth-order valence-electron chi connectivity index (χ4n) is 2.70. The summed E-state index contributed by atoms with van der Waals surface area (Å²) in [7, 11) is 0. The summed E-state index contributed by atoms with van der Waals surface area (Å²) in [5.41, 5.74) is 2.98. The average Bonchev–Trinajstić information content (AvgIpc) is 2.70. The summed E-state index contributed by atoms with van der Waals surface area (Å²) in [5.74, 6) is -0.941. The normalized spacial score (nSPS) is 10.3. The molecule has 0 bridgehead atoms. The lowest BCUT2D eigenvalue weighted by Crippen LogP contribution is -2.11. The maximum atomic E-state index is 12.3. The van der Waals surface area contributed by atoms with Gasteiger partial charge >= 0.3 is 5.97 Å². The van der Waals surface area contributed by atoms with E-state index in [2.05, 4.69) is 10.3 Å². The van der Waals surface area contributed by atoms with Gasteiger partial charge in [0.25, 0.3) is 0 Å². The van der Waals surface area contributed by atoms with E-state index in [9.17, 15) is 9.59 Å². The lowest BCUT2D eigenvalue weighted by atomic mass is 10.1. The number of benzene rings is 2. The molecule has 7 heteroatoms. The number of nitrogens with one attached hydrogen (secondary N) is 1. The van der Waals surface area contributed by atoms with Gasteiger partial charge in [-0.05, 0) is 42.8 Å². The van der Waals surface area contributed by atoms with Crippen LogP contribution in [0.4, 0.5) is 5.69 Å². The van der Waals surface area contributed by atoms with Crippen molar-refractivity contribution in [3.05, 3.63) is 70.4 Å². The number of fused-ring (bicyclic) bond motifs is 1. The molecule has 0 saturated carbocycles. The minimum atomic E-state index is -0.529. The summed E-state index contributed by atoms with van der Waals surface area (Å²) in [6, 6.07) is 15.6. The summed E-state index contributed by atoms with van der Waals surface area (Å²) in [4.78, 5) is 28.2. The van der Waals surface area contributed by atoms with E-state index < -0.39 is 11.9 Å². The van der Waals surface area contributed by atoms with Crippen LogP contribution >= 0.6 is 11.6 Å². The largest absolute Gasteiger partial charge is 0.456 e. The number of ether oxygens (including phenoxy) is 1. The minimum Gasteiger partial charge on any atom is -0.456 e. The van der Waals surface area contributed by atoms with E-state index in [1.165, 1.54) is 12.1 Å². The molecule has 28 heavy (non-hydrogen) atoms. The molecule has 3 aromatic rings. The number of amides is 1. The molecule has 140 valence electrons. The van der Waals surface area contributed by atoms with Crippen LogP contribution in [0.15, 0.2) is 48.5 Å². The Morgan fingerprint density at radius 3 is 2.61 bits per heavy atom. The molecule has 3 rings (SSSR count). The van der Waals surface area contributed by atoms with Crippen LogP contribution in [0.5, 0.6) is 0 Å². The summed E-state index contributed by atoms with van der Waals surface area (Å²) in [6.45, 7) is 1.85. The van der Waals surface area contributed by atoms with Crippen LogP contribution in [0.25, 0.3) is 10.9 Å². The summed E-state index contributed by atoms with van der Waals surface area (Å²) < 4.78 is 5.34. The third kappa shape index (κ3) is 4.27. The van der Waals surface area contributed by atoms with Crippen molar-refractivity contribution in [1.82, 2.24) is 4.98 Å². The van der Waals surface area contributed by atoms with Gasteiger partial charge in [0, 0.05) is 11.1 Å². The monoisotopic (exact) mass is 393 g/mol. The second-order valence-corrected chi connectivity index (χ2v) is 6.43. The maximum Gasteiger partial charge on any atom is 0.338 e. The van der Waals surface area contributed by atoms with Gasteiger partial charge in [0.2, 0.25) is 5.91 Å². The first-order valence-corrected chi connectivity index (χ1v) is 8.85. The zero-order chi connectivity index (χ0) is 20.1. The Labute approximate surface area is 166 Å². The molecule has 0 saturated heterocycles. The van der Waals surface area contributed by atoms with Crippen LogP contribution in [-0.4, -0.2) is 16.9 Å². The number of pyridine rings is 1. The number of nitriles is 1. The maximum absolute atomic E-state index is 12.3. The Kier molecular flexibility index (Phi) is 5.87. The molecule has 0 radical (unpaired) electrons. The van der Waals surface area contributed by atoms with E-state index in [-0.39, 0.29) is 13.0 Å². The molecule has 0 aliphatic rings. The molecule has 2 aromatic carbocycles. The first-order valence-electron chi connectivity index (χ1n) is 8.47. The number of rotatable bonds is 5. The predicted molar refractivity (Wildman–Crippen MR) is 106 cm³/mol. The number of aromatic nitrogens is 1. The second kappa shape index (κ2) is 8.51. The van der Waals surface area contributed by atoms with Gasteiger partial charge in [0.1, 0.15) is 13.0 Å². The Bertz CT molecular complexity index is 1090. The highest BCUT2D eigenvalue weighted by Crippen LogP contribution is 2.27. The number of esters is 1. The molecule has 1 aromatic heterocycles. The zero-order valence-electron chi connectivity index (χ0n) is 15.0. The number of carbonyl (C=O) groups excluding carboxylic acids is 2. The summed E-state index contributed by atoms with van der Waals surface area (Å²) in [6.07, 6.45) is -0.233. The van der Waals surface area contributed by atoms with Crippen molar-refractivity contribution >= 4 is 40.1 Å². The lowest BCUT2D eigenvalue weighted by Gasteiger charge is -2.11. The van der Waals surface area contributed by atoms with Gasteiger partial charge in [0.05, 0.1) is 27.9 Å². The van der Waals surface area contributed by atoms with Gasteiger partial charge in [-0.3, -0.25) is 4.79 Å². The lowest BCUT2D eigenvalue weighted by molar-refractivity contribution is -0.115. The van der Waals surface area contributed by atoms with Gasteiger partial charge in [0.15, 0.2) is 0 Å². The van der Waals surface area contributed by atoms with Crippen molar-refractivity contribution in [3.63, 3.8) is 0 Å². The summed E-state index contributed by atoms with van der Waals surface area (Å²) >= 11 is 6.38. The first kappa shape index (κ1) is 19.3. The van der Waals surface area contributed by atoms with Crippen LogP contribution < -0.4 is 5.32 Å². The van der Waals surface area contributed by atoms with Gasteiger partial charge in [-0.25, -0.2) is 9.78 Å². The van der Waals surface area contributed by atoms with Crippen molar-refractivity contribution in [2.24, 2.45) is 0 Å². The van der Waals surface area contributed by atoms with Crippen LogP contribution in [0.1, 0.15) is 28.0 Å². The third-order valence-corrected chi connectivity index (χ3v) is 4.63. The van der Waals surface area contributed by atoms with Crippen LogP contribution in [0, 0.1) is 18.3 Å². The predicted octanol–water partition coefficient (Wildman–Crippen LogP) is 4.41. The first-order chi connectivity index (χ1) is 13.5. The molecule has 6 nitrogen and oxygen atoms in total. The van der Waals surface area contributed by atoms with Crippen molar-refractivity contribution in [1.29, 1.82) is 5.26 Å². The van der Waals surface area contributed by atoms with E-state index >= 15 is 0 Å². The van der Waals surface area contributed by atoms with Crippen LogP contribution in [0.2, 0.25) is 5.02 Å². The molecule has 0 aliphatic heterocycles. The smallest absolute Gasteiger partial charge is 0.338 e. The fourth-order valence-corrected chi connectivity index (χ4v) is 2.90. The van der Waals surface area contributed by atoms with Crippen LogP contribution in [-0.2, 0) is 16.1 Å². The van der Waals surface area contributed by atoms with Gasteiger partial charge in [-0.15, -0.1) is 0 Å². The standard InChI is InChI=1S/C21H16ClN3O3/c1-13-16-4-2-3-5-17(16)25-18(20(13)22)12-28-21(27)14-6-8-15(9-7-14)24-19(26)10-11-23/h2-9H,10,12H2,1H3,(H,24,26). The fraction of sp³-hybridized carbons (Fsp3) is 0.143. The molecule has 1 heterocycles. The van der Waals surface area contributed by atoms with E-state index in [0.717, 1.165) is 16.5 Å². The van der Waals surface area contributed by atoms with E-state index in [4.69, 9.17) is 21.6 Å². The number of para-hydroxylation sites is 1. The third-order valence-electron chi connectivity index (χ3n) is 4.13. The Hall–Kier alpha value is -3.43. The number of nitrogens with zero attached hydrogens (tertiary/aromatic N) is 2. The number of hydrogen-bond donors (Lipinski definition) is 1. The molecule has 0 aliphatic carbocycles. The van der Waals surface area contributed by atoms with Crippen molar-refractivity contribution in [2.45, 2.75) is 20.0 Å². The number of aryl methyl sites for hydroxylation is 1. The SMILES string of the molecule is Cc1c(Cl)c(COC(=O)c2ccc(NC(=O)CC#N)cc2)nc2ccccc12. The van der Waals surface area contributed by atoms with E-state index in [1.54, 1.807) is 18.2 Å². The topological polar surface area (TPSA) is 92.1 Å². The molecule has 0 spiro atoms. The number of halogens is 1. The van der Waals surface area contributed by atoms with E-state index in [1.807, 2.05) is 31.2 Å². The van der Waals surface area contributed by atoms with Crippen molar-refractivity contribution < 1.29 is 14.3 Å². The van der Waals surface area contributed by atoms with Crippen molar-refractivity contribution in [2.75, 3.05) is 5.32 Å². The Balaban J connectivity index is 1.69. The summed E-state index contributed by atoms with van der Waals surface area (Å²) in [5, 5.41) is 12.5. The van der Waals surface area contributed by atoms with Crippen molar-refractivity contribution in [3.8, 4) is 6.07 Å². The molecule has 0 fully saturated rings. The van der Waals surface area contributed by atoms with Gasteiger partial charge < -0.3 is 10.1 Å². The molecular weight excluding hydrogens is 378 g/mol. The molecule has 1 amide bonds. The number of hydrogen-bond acceptors (Lipinski definition) is 5. The quantitative estimate of drug-likeness (QED) is 0.648. The van der Waals surface area contributed by atoms with E-state index in [0.29, 0.717) is 22.0 Å². The highest BCUT2D eigenvalue weighted by atomic mass is 35.5. The minimum absolute atomic E-state index is 0.0516. The zero-order valence-corrected chi connectivity index (χ0v) is 15.8. The number of anilines is 1. The molecular formula is C21H16ClN3O3. The highest BCUT2D eigenvalue weighted by Gasteiger charge is 2.13. The number of carbonyl (C=O) groups is 2. The Morgan fingerprint density at radius 2 is 1.89 bits per heavy atom. The molecule has 1 N–H and O–H groups in total. The van der Waals surface area contributed by atoms with Crippen LogP contribution in [0.3, 0.4) is 0 Å². The Morgan fingerprint density at radius 1 is 1.18 bits per heavy atom. The molecule has 0 atom stereocenters. The molecule has 0 unspecified atom stereocenters. The average molecular weight is 394 g/mol. The van der Waals surface area contributed by atoms with Gasteiger partial charge in [-0.1, -0.05) is 29.8 Å². The van der Waals surface area contributed by atoms with Gasteiger partial charge in [-0.2, -0.15) is 5.26 Å². The highest BCUT2D eigenvalue weighted by molar-refractivity contribution is 6.32.